The monoisotopic (exact) mass is 290 g/mol. The first kappa shape index (κ1) is 14.6. The smallest absolute Gasteiger partial charge is 0.359 e. The molecule has 0 radical (unpaired) electrons. The first-order chi connectivity index (χ1) is 10.1. The Morgan fingerprint density at radius 1 is 1.00 bits per heavy atom. The van der Waals surface area contributed by atoms with Gasteiger partial charge in [-0.2, -0.15) is 5.10 Å². The van der Waals surface area contributed by atoms with Crippen molar-refractivity contribution in [1.82, 2.24) is 9.78 Å². The van der Waals surface area contributed by atoms with Gasteiger partial charge in [0, 0.05) is 6.20 Å². The molecule has 0 aliphatic heterocycles. The quantitative estimate of drug-likeness (QED) is 0.793. The average molecular weight is 290 g/mol. The molecule has 0 unspecified atom stereocenters. The molecule has 0 amide bonds. The van der Waals surface area contributed by atoms with Crippen molar-refractivity contribution in [1.29, 1.82) is 0 Å². The van der Waals surface area contributed by atoms with Gasteiger partial charge in [-0.15, -0.1) is 0 Å². The van der Waals surface area contributed by atoms with E-state index in [1.165, 1.54) is 25.1 Å². The molecule has 0 N–H and O–H groups in total. The summed E-state index contributed by atoms with van der Waals surface area (Å²) in [6.07, 6.45) is 1.42. The largest absolute Gasteiger partial charge is 0.497 e. The zero-order valence-electron chi connectivity index (χ0n) is 11.8. The number of aromatic nitrogens is 2. The number of methoxy groups -OCH3 is 3. The Bertz CT molecular complexity index is 627. The highest BCUT2D eigenvalue weighted by molar-refractivity contribution is 6.01. The van der Waals surface area contributed by atoms with E-state index >= 15 is 0 Å². The molecule has 2 rings (SSSR count). The van der Waals surface area contributed by atoms with Crippen molar-refractivity contribution in [3.8, 4) is 11.4 Å². The van der Waals surface area contributed by atoms with Crippen molar-refractivity contribution in [3.63, 3.8) is 0 Å². The van der Waals surface area contributed by atoms with Gasteiger partial charge in [0.25, 0.3) is 0 Å². The van der Waals surface area contributed by atoms with Crippen molar-refractivity contribution in [2.75, 3.05) is 21.3 Å². The lowest BCUT2D eigenvalue weighted by Gasteiger charge is -2.03. The van der Waals surface area contributed by atoms with Crippen LogP contribution < -0.4 is 4.74 Å². The maximum Gasteiger partial charge on any atom is 0.359 e. The van der Waals surface area contributed by atoms with E-state index in [9.17, 15) is 9.59 Å². The molecule has 0 saturated heterocycles. The fourth-order valence-electron chi connectivity index (χ4n) is 1.75. The predicted octanol–water partition coefficient (Wildman–Crippen LogP) is 1.45. The summed E-state index contributed by atoms with van der Waals surface area (Å²) < 4.78 is 15.7. The second-order valence-corrected chi connectivity index (χ2v) is 4.02. The number of ether oxygens (including phenoxy) is 3. The number of nitrogens with zero attached hydrogens (tertiary/aromatic N) is 2. The molecule has 0 aliphatic carbocycles. The Labute approximate surface area is 121 Å². The molecule has 7 heteroatoms. The van der Waals surface area contributed by atoms with Crippen LogP contribution >= 0.6 is 0 Å². The number of hydrogen-bond donors (Lipinski definition) is 0. The minimum Gasteiger partial charge on any atom is -0.497 e. The maximum absolute atomic E-state index is 11.7. The van der Waals surface area contributed by atoms with Crippen molar-refractivity contribution < 1.29 is 23.8 Å². The predicted molar refractivity (Wildman–Crippen MR) is 72.8 cm³/mol. The number of rotatable bonds is 4. The second-order valence-electron chi connectivity index (χ2n) is 4.02. The SMILES string of the molecule is COC(=O)c1cn(-c2ccc(OC)cc2)nc1C(=O)OC. The average Bonchev–Trinajstić information content (AvgIpc) is 2.98. The molecule has 110 valence electrons. The van der Waals surface area contributed by atoms with Gasteiger partial charge in [-0.25, -0.2) is 14.3 Å². The topological polar surface area (TPSA) is 79.7 Å². The van der Waals surface area contributed by atoms with Crippen LogP contribution in [0.25, 0.3) is 5.69 Å². The third-order valence-electron chi connectivity index (χ3n) is 2.84. The lowest BCUT2D eigenvalue weighted by molar-refractivity contribution is 0.0552. The van der Waals surface area contributed by atoms with E-state index < -0.39 is 11.9 Å². The van der Waals surface area contributed by atoms with Crippen LogP contribution in [0.15, 0.2) is 30.5 Å². The third kappa shape index (κ3) is 2.86. The van der Waals surface area contributed by atoms with E-state index in [2.05, 4.69) is 14.6 Å². The van der Waals surface area contributed by atoms with Gasteiger partial charge < -0.3 is 14.2 Å². The first-order valence-corrected chi connectivity index (χ1v) is 6.01. The number of hydrogen-bond acceptors (Lipinski definition) is 6. The van der Waals surface area contributed by atoms with Crippen molar-refractivity contribution in [3.05, 3.63) is 41.7 Å². The van der Waals surface area contributed by atoms with E-state index in [1.807, 2.05) is 0 Å². The molecule has 1 aromatic carbocycles. The van der Waals surface area contributed by atoms with Gasteiger partial charge in [0.05, 0.1) is 27.0 Å². The highest BCUT2D eigenvalue weighted by atomic mass is 16.5. The lowest BCUT2D eigenvalue weighted by atomic mass is 10.2. The molecule has 0 fully saturated rings. The van der Waals surface area contributed by atoms with E-state index in [4.69, 9.17) is 4.74 Å². The number of esters is 2. The summed E-state index contributed by atoms with van der Waals surface area (Å²) in [7, 11) is 4.01. The van der Waals surface area contributed by atoms with Crippen LogP contribution in [0.3, 0.4) is 0 Å². The minimum atomic E-state index is -0.706. The Balaban J connectivity index is 2.46. The van der Waals surface area contributed by atoms with E-state index in [-0.39, 0.29) is 11.3 Å². The molecule has 0 atom stereocenters. The van der Waals surface area contributed by atoms with Gasteiger partial charge in [0.1, 0.15) is 11.3 Å². The molecule has 0 spiro atoms. The van der Waals surface area contributed by atoms with E-state index in [1.54, 1.807) is 31.4 Å². The second kappa shape index (κ2) is 6.08. The van der Waals surface area contributed by atoms with Crippen molar-refractivity contribution in [2.24, 2.45) is 0 Å². The van der Waals surface area contributed by atoms with E-state index in [0.29, 0.717) is 11.4 Å². The molecular formula is C14H14N2O5. The summed E-state index contributed by atoms with van der Waals surface area (Å²) in [6.45, 7) is 0. The van der Waals surface area contributed by atoms with Crippen LogP contribution in [-0.4, -0.2) is 43.0 Å². The summed E-state index contributed by atoms with van der Waals surface area (Å²) in [5.74, 6) is -0.676. The molecule has 2 aromatic rings. The number of carbonyl (C=O) groups is 2. The highest BCUT2D eigenvalue weighted by Crippen LogP contribution is 2.17. The molecule has 1 aromatic heterocycles. The number of benzene rings is 1. The van der Waals surface area contributed by atoms with Gasteiger partial charge in [0.2, 0.25) is 0 Å². The molecular weight excluding hydrogens is 276 g/mol. The zero-order chi connectivity index (χ0) is 15.4. The first-order valence-electron chi connectivity index (χ1n) is 6.01. The zero-order valence-corrected chi connectivity index (χ0v) is 11.8. The Morgan fingerprint density at radius 3 is 2.14 bits per heavy atom. The van der Waals surface area contributed by atoms with Crippen molar-refractivity contribution in [2.45, 2.75) is 0 Å². The van der Waals surface area contributed by atoms with Gasteiger partial charge >= 0.3 is 11.9 Å². The van der Waals surface area contributed by atoms with Gasteiger partial charge in [-0.05, 0) is 24.3 Å². The standard InChI is InChI=1S/C14H14N2O5/c1-19-10-6-4-9(5-7-10)16-8-11(13(17)20-2)12(15-16)14(18)21-3/h4-8H,1-3H3. The minimum absolute atomic E-state index is 0.0418. The van der Waals surface area contributed by atoms with Crippen LogP contribution in [0, 0.1) is 0 Å². The molecule has 21 heavy (non-hydrogen) atoms. The Morgan fingerprint density at radius 2 is 1.62 bits per heavy atom. The molecule has 7 nitrogen and oxygen atoms in total. The van der Waals surface area contributed by atoms with Crippen LogP contribution in [0.4, 0.5) is 0 Å². The molecule has 0 bridgehead atoms. The maximum atomic E-state index is 11.7. The summed E-state index contributed by atoms with van der Waals surface area (Å²) in [5, 5.41) is 4.08. The molecule has 0 aliphatic rings. The van der Waals surface area contributed by atoms with Crippen LogP contribution in [0.1, 0.15) is 20.8 Å². The van der Waals surface area contributed by atoms with Crippen molar-refractivity contribution >= 4 is 11.9 Å². The van der Waals surface area contributed by atoms with Crippen LogP contribution in [-0.2, 0) is 9.47 Å². The van der Waals surface area contributed by atoms with Gasteiger partial charge in [0.15, 0.2) is 5.69 Å². The lowest BCUT2D eigenvalue weighted by Crippen LogP contribution is -2.10. The number of carbonyl (C=O) groups excluding carboxylic acids is 2. The van der Waals surface area contributed by atoms with E-state index in [0.717, 1.165) is 0 Å². The molecule has 0 saturated carbocycles. The summed E-state index contributed by atoms with van der Waals surface area (Å²) >= 11 is 0. The van der Waals surface area contributed by atoms with Crippen LogP contribution in [0.2, 0.25) is 0 Å². The van der Waals surface area contributed by atoms with Gasteiger partial charge in [-0.3, -0.25) is 0 Å². The summed E-state index contributed by atoms with van der Waals surface area (Å²) in [5.41, 5.74) is 0.608. The fraction of sp³-hybridized carbons (Fsp3) is 0.214. The molecule has 1 heterocycles. The highest BCUT2D eigenvalue weighted by Gasteiger charge is 2.23. The fourth-order valence-corrected chi connectivity index (χ4v) is 1.75. The van der Waals surface area contributed by atoms with Gasteiger partial charge in [-0.1, -0.05) is 0 Å². The summed E-state index contributed by atoms with van der Waals surface area (Å²) in [4.78, 5) is 23.4. The normalized spacial score (nSPS) is 10.0. The Hall–Kier alpha value is -2.83. The van der Waals surface area contributed by atoms with Crippen LogP contribution in [0.5, 0.6) is 5.75 Å². The summed E-state index contributed by atoms with van der Waals surface area (Å²) in [6, 6.07) is 6.97. The third-order valence-corrected chi connectivity index (χ3v) is 2.84. The Kier molecular flexibility index (Phi) is 4.22.